The Bertz CT molecular complexity index is 318. The molecule has 0 saturated heterocycles. The number of aliphatic hydroxyl groups excluding tert-OH is 2. The second-order valence-electron chi connectivity index (χ2n) is 7.12. The van der Waals surface area contributed by atoms with Gasteiger partial charge in [0.05, 0.1) is 19.3 Å². The Kier molecular flexibility index (Phi) is 10.5. The molecule has 0 heterocycles. The number of esters is 1. The molecule has 4 nitrogen and oxygen atoms in total. The summed E-state index contributed by atoms with van der Waals surface area (Å²) in [5.74, 6) is 0.725. The van der Waals surface area contributed by atoms with Crippen molar-refractivity contribution in [3.8, 4) is 0 Å². The summed E-state index contributed by atoms with van der Waals surface area (Å²) in [5.41, 5.74) is 0. The molecule has 0 aromatic rings. The molecule has 0 aliphatic heterocycles. The molecule has 0 radical (unpaired) electrons. The smallest absolute Gasteiger partial charge is 0.305 e. The molecule has 0 bridgehead atoms. The largest absolute Gasteiger partial charge is 0.469 e. The van der Waals surface area contributed by atoms with E-state index < -0.39 is 0 Å². The van der Waals surface area contributed by atoms with E-state index in [2.05, 4.69) is 11.7 Å². The van der Waals surface area contributed by atoms with Crippen LogP contribution in [0.5, 0.6) is 0 Å². The fraction of sp³-hybridized carbons (Fsp3) is 0.947. The van der Waals surface area contributed by atoms with E-state index in [9.17, 15) is 15.0 Å². The summed E-state index contributed by atoms with van der Waals surface area (Å²) < 4.78 is 4.65. The van der Waals surface area contributed by atoms with Crippen molar-refractivity contribution >= 4 is 5.97 Å². The number of aliphatic hydroxyl groups is 2. The van der Waals surface area contributed by atoms with Gasteiger partial charge in [0.25, 0.3) is 0 Å². The summed E-state index contributed by atoms with van der Waals surface area (Å²) in [6.45, 7) is 2.18. The Morgan fingerprint density at radius 1 is 1.13 bits per heavy atom. The summed E-state index contributed by atoms with van der Waals surface area (Å²) in [7, 11) is 1.42. The van der Waals surface area contributed by atoms with Gasteiger partial charge in [-0.3, -0.25) is 4.79 Å². The number of ether oxygens (including phenoxy) is 1. The Morgan fingerprint density at radius 2 is 1.91 bits per heavy atom. The van der Waals surface area contributed by atoms with Gasteiger partial charge in [0.2, 0.25) is 0 Å². The van der Waals surface area contributed by atoms with Crippen molar-refractivity contribution in [2.45, 2.75) is 96.2 Å². The minimum atomic E-state index is -0.199. The van der Waals surface area contributed by atoms with Crippen LogP contribution in [0, 0.1) is 11.8 Å². The summed E-state index contributed by atoms with van der Waals surface area (Å²) in [6, 6.07) is 0. The molecule has 0 spiro atoms. The molecule has 4 heteroatoms. The summed E-state index contributed by atoms with van der Waals surface area (Å²) in [4.78, 5) is 11.1. The van der Waals surface area contributed by atoms with Crippen molar-refractivity contribution in [3.63, 3.8) is 0 Å². The molecular formula is C19H36O4. The fourth-order valence-corrected chi connectivity index (χ4v) is 3.85. The van der Waals surface area contributed by atoms with E-state index in [4.69, 9.17) is 0 Å². The third-order valence-electron chi connectivity index (χ3n) is 5.34. The first kappa shape index (κ1) is 20.4. The number of unbranched alkanes of at least 4 members (excludes halogenated alkanes) is 3. The van der Waals surface area contributed by atoms with Gasteiger partial charge in [-0.25, -0.2) is 0 Å². The van der Waals surface area contributed by atoms with Gasteiger partial charge in [-0.2, -0.15) is 0 Å². The standard InChI is InChI=1S/C19H36O4/c1-3-4-5-8-16(20)13-11-15-12-14-18(21)17(15)9-6-7-10-19(22)23-2/h15-18,20-21H,3-14H2,1-2H3/t15-,16?,17-,18-/m0/s1. The first-order chi connectivity index (χ1) is 11.1. The van der Waals surface area contributed by atoms with Crippen LogP contribution in [0.3, 0.4) is 0 Å². The van der Waals surface area contributed by atoms with Crippen molar-refractivity contribution in [3.05, 3.63) is 0 Å². The fourth-order valence-electron chi connectivity index (χ4n) is 3.85. The normalized spacial score (nSPS) is 25.5. The topological polar surface area (TPSA) is 66.8 Å². The van der Waals surface area contributed by atoms with Crippen LogP contribution in [-0.2, 0) is 9.53 Å². The van der Waals surface area contributed by atoms with E-state index in [0.717, 1.165) is 57.8 Å². The van der Waals surface area contributed by atoms with E-state index in [1.165, 1.54) is 20.0 Å². The molecular weight excluding hydrogens is 292 g/mol. The Balaban J connectivity index is 2.23. The third kappa shape index (κ3) is 8.16. The van der Waals surface area contributed by atoms with Gasteiger partial charge in [0, 0.05) is 6.42 Å². The van der Waals surface area contributed by atoms with Gasteiger partial charge >= 0.3 is 5.97 Å². The van der Waals surface area contributed by atoms with Gasteiger partial charge in [0.15, 0.2) is 0 Å². The van der Waals surface area contributed by atoms with Crippen LogP contribution < -0.4 is 0 Å². The molecule has 136 valence electrons. The first-order valence-corrected chi connectivity index (χ1v) is 9.51. The molecule has 0 aromatic heterocycles. The van der Waals surface area contributed by atoms with Crippen LogP contribution in [0.25, 0.3) is 0 Å². The zero-order valence-corrected chi connectivity index (χ0v) is 15.0. The molecule has 4 atom stereocenters. The van der Waals surface area contributed by atoms with E-state index in [0.29, 0.717) is 18.3 Å². The lowest BCUT2D eigenvalue weighted by molar-refractivity contribution is -0.140. The summed E-state index contributed by atoms with van der Waals surface area (Å²) >= 11 is 0. The van der Waals surface area contributed by atoms with Gasteiger partial charge in [-0.1, -0.05) is 32.6 Å². The molecule has 1 fully saturated rings. The van der Waals surface area contributed by atoms with Gasteiger partial charge in [-0.15, -0.1) is 0 Å². The highest BCUT2D eigenvalue weighted by molar-refractivity contribution is 5.68. The molecule has 0 amide bonds. The van der Waals surface area contributed by atoms with Crippen LogP contribution >= 0.6 is 0 Å². The second-order valence-corrected chi connectivity index (χ2v) is 7.12. The predicted octanol–water partition coefficient (Wildman–Crippen LogP) is 3.83. The molecule has 1 aliphatic rings. The summed E-state index contributed by atoms with van der Waals surface area (Å²) in [6.07, 6.45) is 11.1. The number of carbonyl (C=O) groups is 1. The van der Waals surface area contributed by atoms with E-state index in [1.807, 2.05) is 0 Å². The van der Waals surface area contributed by atoms with Crippen molar-refractivity contribution in [2.75, 3.05) is 7.11 Å². The number of rotatable bonds is 12. The minimum Gasteiger partial charge on any atom is -0.469 e. The first-order valence-electron chi connectivity index (χ1n) is 9.51. The van der Waals surface area contributed by atoms with Crippen LogP contribution in [0.4, 0.5) is 0 Å². The average Bonchev–Trinajstić information content (AvgIpc) is 2.89. The zero-order valence-electron chi connectivity index (χ0n) is 15.0. The lowest BCUT2D eigenvalue weighted by Gasteiger charge is -2.23. The van der Waals surface area contributed by atoms with Crippen LogP contribution in [0.15, 0.2) is 0 Å². The minimum absolute atomic E-state index is 0.149. The third-order valence-corrected chi connectivity index (χ3v) is 5.34. The molecule has 1 unspecified atom stereocenters. The second kappa shape index (κ2) is 11.9. The number of methoxy groups -OCH3 is 1. The van der Waals surface area contributed by atoms with E-state index in [1.54, 1.807) is 0 Å². The van der Waals surface area contributed by atoms with Gasteiger partial charge in [-0.05, 0) is 56.8 Å². The van der Waals surface area contributed by atoms with Crippen LogP contribution in [-0.4, -0.2) is 35.5 Å². The van der Waals surface area contributed by atoms with Crippen molar-refractivity contribution in [1.82, 2.24) is 0 Å². The molecule has 1 rings (SSSR count). The van der Waals surface area contributed by atoms with Crippen LogP contribution in [0.2, 0.25) is 0 Å². The quantitative estimate of drug-likeness (QED) is 0.422. The zero-order chi connectivity index (χ0) is 17.1. The molecule has 1 aliphatic carbocycles. The Labute approximate surface area is 141 Å². The molecule has 0 aromatic carbocycles. The molecule has 2 N–H and O–H groups in total. The maximum atomic E-state index is 11.1. The van der Waals surface area contributed by atoms with Crippen molar-refractivity contribution in [1.29, 1.82) is 0 Å². The van der Waals surface area contributed by atoms with Crippen molar-refractivity contribution < 1.29 is 19.7 Å². The summed E-state index contributed by atoms with van der Waals surface area (Å²) in [5, 5.41) is 20.3. The molecule has 1 saturated carbocycles. The maximum absolute atomic E-state index is 11.1. The number of hydrogen-bond donors (Lipinski definition) is 2. The maximum Gasteiger partial charge on any atom is 0.305 e. The predicted molar refractivity (Wildman–Crippen MR) is 92.1 cm³/mol. The van der Waals surface area contributed by atoms with Crippen LogP contribution in [0.1, 0.15) is 84.0 Å². The Morgan fingerprint density at radius 3 is 2.61 bits per heavy atom. The highest BCUT2D eigenvalue weighted by Gasteiger charge is 2.34. The SMILES string of the molecule is CCCCCC(O)CC[C@H]1CC[C@H](O)[C@H]1CCCCC(=O)OC. The number of hydrogen-bond acceptors (Lipinski definition) is 4. The highest BCUT2D eigenvalue weighted by atomic mass is 16.5. The van der Waals surface area contributed by atoms with E-state index in [-0.39, 0.29) is 18.2 Å². The highest BCUT2D eigenvalue weighted by Crippen LogP contribution is 2.38. The monoisotopic (exact) mass is 328 g/mol. The number of carbonyl (C=O) groups excluding carboxylic acids is 1. The molecule has 23 heavy (non-hydrogen) atoms. The van der Waals surface area contributed by atoms with E-state index >= 15 is 0 Å². The Hall–Kier alpha value is -0.610. The van der Waals surface area contributed by atoms with Gasteiger partial charge in [0.1, 0.15) is 0 Å². The lowest BCUT2D eigenvalue weighted by Crippen LogP contribution is -2.20. The van der Waals surface area contributed by atoms with Gasteiger partial charge < -0.3 is 14.9 Å². The average molecular weight is 328 g/mol. The van der Waals surface area contributed by atoms with Crippen molar-refractivity contribution in [2.24, 2.45) is 11.8 Å². The lowest BCUT2D eigenvalue weighted by atomic mass is 9.85.